The third-order valence-corrected chi connectivity index (χ3v) is 4.01. The highest BCUT2D eigenvalue weighted by atomic mass is 32.2. The maximum absolute atomic E-state index is 5.96. The quantitative estimate of drug-likeness (QED) is 0.819. The van der Waals surface area contributed by atoms with Crippen LogP contribution in [0.1, 0.15) is 6.42 Å². The normalized spacial score (nSPS) is 17.1. The summed E-state index contributed by atoms with van der Waals surface area (Å²) >= 11 is 1.93. The first-order valence-electron chi connectivity index (χ1n) is 6.48. The Morgan fingerprint density at radius 1 is 1.33 bits per heavy atom. The molecule has 2 N–H and O–H groups in total. The minimum Gasteiger partial charge on any atom is -0.396 e. The van der Waals surface area contributed by atoms with Gasteiger partial charge in [-0.3, -0.25) is 4.90 Å². The van der Waals surface area contributed by atoms with Gasteiger partial charge in [0.05, 0.1) is 5.69 Å². The summed E-state index contributed by atoms with van der Waals surface area (Å²) in [5.74, 6) is 2.20. The molecule has 0 saturated carbocycles. The van der Waals surface area contributed by atoms with Crippen molar-refractivity contribution in [2.24, 2.45) is 0 Å². The topological polar surface area (TPSA) is 45.4 Å². The summed E-state index contributed by atoms with van der Waals surface area (Å²) in [5, 5.41) is 0. The molecule has 1 aromatic rings. The lowest BCUT2D eigenvalue weighted by Gasteiger charge is -2.35. The number of anilines is 2. The second-order valence-corrected chi connectivity index (χ2v) is 5.58. The van der Waals surface area contributed by atoms with Gasteiger partial charge in [0.1, 0.15) is 0 Å². The number of thioether (sulfide) groups is 1. The van der Waals surface area contributed by atoms with E-state index in [0.29, 0.717) is 0 Å². The van der Waals surface area contributed by atoms with Gasteiger partial charge >= 0.3 is 0 Å². The molecule has 0 atom stereocenters. The Balaban J connectivity index is 1.81. The summed E-state index contributed by atoms with van der Waals surface area (Å²) in [5.41, 5.74) is 6.75. The first-order valence-corrected chi connectivity index (χ1v) is 7.87. The van der Waals surface area contributed by atoms with Crippen LogP contribution in [0.3, 0.4) is 0 Å². The monoisotopic (exact) mass is 266 g/mol. The van der Waals surface area contributed by atoms with Gasteiger partial charge in [0, 0.05) is 32.4 Å². The molecule has 0 unspecified atom stereocenters. The zero-order valence-corrected chi connectivity index (χ0v) is 11.8. The molecule has 100 valence electrons. The number of hydrogen-bond donors (Lipinski definition) is 1. The van der Waals surface area contributed by atoms with Crippen LogP contribution in [0.15, 0.2) is 18.3 Å². The van der Waals surface area contributed by atoms with Crippen LogP contribution in [-0.2, 0) is 0 Å². The van der Waals surface area contributed by atoms with Gasteiger partial charge in [-0.15, -0.1) is 0 Å². The van der Waals surface area contributed by atoms with Crippen molar-refractivity contribution < 1.29 is 0 Å². The molecule has 0 aromatic carbocycles. The maximum Gasteiger partial charge on any atom is 0.151 e. The zero-order chi connectivity index (χ0) is 12.8. The lowest BCUT2D eigenvalue weighted by molar-refractivity contribution is 0.259. The molecule has 2 rings (SSSR count). The summed E-state index contributed by atoms with van der Waals surface area (Å²) in [4.78, 5) is 9.21. The van der Waals surface area contributed by atoms with E-state index in [4.69, 9.17) is 5.73 Å². The van der Waals surface area contributed by atoms with Gasteiger partial charge in [-0.1, -0.05) is 0 Å². The van der Waals surface area contributed by atoms with Crippen molar-refractivity contribution in [3.8, 4) is 0 Å². The Bertz CT molecular complexity index is 364. The Labute approximate surface area is 114 Å². The number of piperazine rings is 1. The summed E-state index contributed by atoms with van der Waals surface area (Å²) in [6.45, 7) is 5.50. The van der Waals surface area contributed by atoms with Crippen molar-refractivity contribution in [3.05, 3.63) is 18.3 Å². The van der Waals surface area contributed by atoms with Gasteiger partial charge in [-0.25, -0.2) is 4.98 Å². The van der Waals surface area contributed by atoms with Crippen LogP contribution in [0.25, 0.3) is 0 Å². The second kappa shape index (κ2) is 6.85. The minimum absolute atomic E-state index is 0.785. The van der Waals surface area contributed by atoms with Crippen molar-refractivity contribution in [1.82, 2.24) is 9.88 Å². The SMILES string of the molecule is CSCCCN1CCN(c2ncccc2N)CC1. The molecule has 2 heterocycles. The predicted molar refractivity (Wildman–Crippen MR) is 80.3 cm³/mol. The molecule has 4 nitrogen and oxygen atoms in total. The van der Waals surface area contributed by atoms with Crippen molar-refractivity contribution in [3.63, 3.8) is 0 Å². The van der Waals surface area contributed by atoms with Crippen LogP contribution < -0.4 is 10.6 Å². The fraction of sp³-hybridized carbons (Fsp3) is 0.615. The molecule has 1 aliphatic rings. The molecule has 0 spiro atoms. The molecule has 1 aliphatic heterocycles. The van der Waals surface area contributed by atoms with Gasteiger partial charge in [0.25, 0.3) is 0 Å². The Morgan fingerprint density at radius 3 is 2.78 bits per heavy atom. The average Bonchev–Trinajstić information content (AvgIpc) is 2.41. The van der Waals surface area contributed by atoms with Crippen LogP contribution in [0.5, 0.6) is 0 Å². The standard InChI is InChI=1S/C13H22N4S/c1-18-11-3-6-16-7-9-17(10-8-16)13-12(14)4-2-5-15-13/h2,4-5H,3,6-11,14H2,1H3. The lowest BCUT2D eigenvalue weighted by atomic mass is 10.2. The molecule has 5 heteroatoms. The fourth-order valence-corrected chi connectivity index (χ4v) is 2.71. The predicted octanol–water partition coefficient (Wildman–Crippen LogP) is 1.54. The highest BCUT2D eigenvalue weighted by molar-refractivity contribution is 7.98. The van der Waals surface area contributed by atoms with Crippen molar-refractivity contribution >= 4 is 23.3 Å². The largest absolute Gasteiger partial charge is 0.396 e. The first kappa shape index (κ1) is 13.5. The summed E-state index contributed by atoms with van der Waals surface area (Å²) < 4.78 is 0. The molecule has 1 aromatic heterocycles. The second-order valence-electron chi connectivity index (χ2n) is 4.59. The highest BCUT2D eigenvalue weighted by Gasteiger charge is 2.18. The van der Waals surface area contributed by atoms with Crippen LogP contribution in [0.2, 0.25) is 0 Å². The van der Waals surface area contributed by atoms with E-state index >= 15 is 0 Å². The van der Waals surface area contributed by atoms with Crippen LogP contribution in [0, 0.1) is 0 Å². The third kappa shape index (κ3) is 3.53. The molecule has 1 fully saturated rings. The molecule has 0 bridgehead atoms. The number of aromatic nitrogens is 1. The summed E-state index contributed by atoms with van der Waals surface area (Å²) in [7, 11) is 0. The van der Waals surface area contributed by atoms with E-state index < -0.39 is 0 Å². The number of nitrogens with zero attached hydrogens (tertiary/aromatic N) is 3. The lowest BCUT2D eigenvalue weighted by Crippen LogP contribution is -2.47. The summed E-state index contributed by atoms with van der Waals surface area (Å²) in [6.07, 6.45) is 5.27. The molecule has 1 saturated heterocycles. The van der Waals surface area contributed by atoms with Crippen molar-refractivity contribution in [2.45, 2.75) is 6.42 Å². The Kier molecular flexibility index (Phi) is 5.13. The number of rotatable bonds is 5. The van der Waals surface area contributed by atoms with E-state index in [9.17, 15) is 0 Å². The number of nitrogen functional groups attached to an aromatic ring is 1. The van der Waals surface area contributed by atoms with Crippen LogP contribution >= 0.6 is 11.8 Å². The molecule has 0 amide bonds. The smallest absolute Gasteiger partial charge is 0.151 e. The van der Waals surface area contributed by atoms with Crippen molar-refractivity contribution in [2.75, 3.05) is 55.4 Å². The highest BCUT2D eigenvalue weighted by Crippen LogP contribution is 2.20. The minimum atomic E-state index is 0.785. The first-order chi connectivity index (χ1) is 8.81. The van der Waals surface area contributed by atoms with E-state index in [2.05, 4.69) is 21.0 Å². The van der Waals surface area contributed by atoms with Gasteiger partial charge in [-0.05, 0) is 37.1 Å². The molecule has 0 aliphatic carbocycles. The van der Waals surface area contributed by atoms with Gasteiger partial charge < -0.3 is 10.6 Å². The molecular weight excluding hydrogens is 244 g/mol. The Morgan fingerprint density at radius 2 is 2.11 bits per heavy atom. The maximum atomic E-state index is 5.96. The van der Waals surface area contributed by atoms with Crippen LogP contribution in [0.4, 0.5) is 11.5 Å². The van der Waals surface area contributed by atoms with Gasteiger partial charge in [-0.2, -0.15) is 11.8 Å². The number of hydrogen-bond acceptors (Lipinski definition) is 5. The van der Waals surface area contributed by atoms with Crippen LogP contribution in [-0.4, -0.2) is 54.6 Å². The van der Waals surface area contributed by atoms with Gasteiger partial charge in [0.15, 0.2) is 5.82 Å². The molecule has 18 heavy (non-hydrogen) atoms. The van der Waals surface area contributed by atoms with Gasteiger partial charge in [0.2, 0.25) is 0 Å². The summed E-state index contributed by atoms with van der Waals surface area (Å²) in [6, 6.07) is 3.81. The fourth-order valence-electron chi connectivity index (χ4n) is 2.29. The number of pyridine rings is 1. The average molecular weight is 266 g/mol. The van der Waals surface area contributed by atoms with E-state index in [1.807, 2.05) is 30.1 Å². The Hall–Kier alpha value is -0.940. The third-order valence-electron chi connectivity index (χ3n) is 3.31. The van der Waals surface area contributed by atoms with E-state index in [-0.39, 0.29) is 0 Å². The van der Waals surface area contributed by atoms with E-state index in [0.717, 1.165) is 37.7 Å². The molecular formula is C13H22N4S. The number of nitrogens with two attached hydrogens (primary N) is 1. The van der Waals surface area contributed by atoms with E-state index in [1.54, 1.807) is 0 Å². The van der Waals surface area contributed by atoms with Crippen molar-refractivity contribution in [1.29, 1.82) is 0 Å². The molecule has 0 radical (unpaired) electrons. The zero-order valence-electron chi connectivity index (χ0n) is 11.0. The van der Waals surface area contributed by atoms with E-state index in [1.165, 1.54) is 18.7 Å².